The monoisotopic (exact) mass is 254 g/mol. The van der Waals surface area contributed by atoms with Gasteiger partial charge in [-0.25, -0.2) is 18.4 Å². The van der Waals surface area contributed by atoms with E-state index >= 15 is 0 Å². The van der Waals surface area contributed by atoms with E-state index in [2.05, 4.69) is 5.32 Å². The Morgan fingerprint density at radius 1 is 1.41 bits per heavy atom. The molecule has 3 N–H and O–H groups in total. The van der Waals surface area contributed by atoms with Crippen molar-refractivity contribution in [1.82, 2.24) is 10.6 Å². The van der Waals surface area contributed by atoms with Gasteiger partial charge in [-0.15, -0.1) is 0 Å². The number of nitrogens with one attached hydrogen (secondary N) is 2. The number of carbonyl (C=O) groups excluding carboxylic acids is 1. The lowest BCUT2D eigenvalue weighted by Crippen LogP contribution is -2.47. The number of carboxylic acids is 1. The van der Waals surface area contributed by atoms with Gasteiger partial charge in [0.1, 0.15) is 6.04 Å². The minimum Gasteiger partial charge on any atom is -0.480 e. The molecule has 0 fully saturated rings. The third-order valence-corrected chi connectivity index (χ3v) is 1.86. The topological polar surface area (TPSA) is 87.7 Å². The van der Waals surface area contributed by atoms with Gasteiger partial charge in [0.15, 0.2) is 0 Å². The number of aliphatic carboxylic acids is 1. The molecule has 0 bridgehead atoms. The SMILES string of the molecule is COCCCC(NC(=O)NCC(F)F)C(=O)O. The summed E-state index contributed by atoms with van der Waals surface area (Å²) in [7, 11) is 1.47. The highest BCUT2D eigenvalue weighted by atomic mass is 19.3. The lowest BCUT2D eigenvalue weighted by molar-refractivity contribution is -0.139. The van der Waals surface area contributed by atoms with E-state index in [1.165, 1.54) is 7.11 Å². The minimum absolute atomic E-state index is 0.172. The first-order valence-corrected chi connectivity index (χ1v) is 5.01. The standard InChI is InChI=1S/C9H16F2N2O4/c1-17-4-2-3-6(8(14)15)13-9(16)12-5-7(10)11/h6-7H,2-5H2,1H3,(H,14,15)(H2,12,13,16). The number of ether oxygens (including phenoxy) is 1. The number of rotatable bonds is 8. The van der Waals surface area contributed by atoms with Crippen LogP contribution >= 0.6 is 0 Å². The Bertz CT molecular complexity index is 251. The van der Waals surface area contributed by atoms with E-state index < -0.39 is 31.0 Å². The molecule has 0 aliphatic heterocycles. The number of alkyl halides is 2. The minimum atomic E-state index is -2.67. The summed E-state index contributed by atoms with van der Waals surface area (Å²) in [6.07, 6.45) is -2.05. The molecule has 6 nitrogen and oxygen atoms in total. The molecule has 0 rings (SSSR count). The summed E-state index contributed by atoms with van der Waals surface area (Å²) in [5.74, 6) is -1.21. The number of amides is 2. The molecule has 100 valence electrons. The Balaban J connectivity index is 3.98. The van der Waals surface area contributed by atoms with Gasteiger partial charge < -0.3 is 20.5 Å². The first-order chi connectivity index (χ1) is 7.97. The van der Waals surface area contributed by atoms with Crippen LogP contribution in [0.1, 0.15) is 12.8 Å². The van der Waals surface area contributed by atoms with Crippen LogP contribution in [0.15, 0.2) is 0 Å². The molecular formula is C9H16F2N2O4. The molecule has 1 unspecified atom stereocenters. The number of urea groups is 1. The number of methoxy groups -OCH3 is 1. The first-order valence-electron chi connectivity index (χ1n) is 5.01. The van der Waals surface area contributed by atoms with Gasteiger partial charge >= 0.3 is 12.0 Å². The van der Waals surface area contributed by atoms with Crippen molar-refractivity contribution < 1.29 is 28.2 Å². The number of hydrogen-bond acceptors (Lipinski definition) is 3. The fraction of sp³-hybridized carbons (Fsp3) is 0.778. The lowest BCUT2D eigenvalue weighted by Gasteiger charge is -2.14. The molecular weight excluding hydrogens is 238 g/mol. The zero-order valence-electron chi connectivity index (χ0n) is 9.41. The average molecular weight is 254 g/mol. The van der Waals surface area contributed by atoms with Crippen LogP contribution in [0.2, 0.25) is 0 Å². The number of halogens is 2. The molecule has 0 heterocycles. The molecule has 8 heteroatoms. The second-order valence-corrected chi connectivity index (χ2v) is 3.27. The molecule has 0 saturated heterocycles. The van der Waals surface area contributed by atoms with Gasteiger partial charge in [0.25, 0.3) is 6.43 Å². The molecule has 0 aromatic rings. The molecule has 0 aliphatic carbocycles. The maximum absolute atomic E-state index is 11.8. The predicted octanol–water partition coefficient (Wildman–Crippen LogP) is 0.430. The summed E-state index contributed by atoms with van der Waals surface area (Å²) in [6.45, 7) is -0.444. The van der Waals surface area contributed by atoms with Crippen molar-refractivity contribution in [3.63, 3.8) is 0 Å². The number of hydrogen-bond donors (Lipinski definition) is 3. The van der Waals surface area contributed by atoms with Crippen LogP contribution in [0, 0.1) is 0 Å². The second kappa shape index (κ2) is 8.68. The highest BCUT2D eigenvalue weighted by molar-refractivity contribution is 5.82. The quantitative estimate of drug-likeness (QED) is 0.548. The fourth-order valence-electron chi connectivity index (χ4n) is 1.07. The molecule has 0 aliphatic rings. The highest BCUT2D eigenvalue weighted by Crippen LogP contribution is 1.98. The molecule has 0 spiro atoms. The highest BCUT2D eigenvalue weighted by Gasteiger charge is 2.19. The van der Waals surface area contributed by atoms with Gasteiger partial charge in [0.2, 0.25) is 0 Å². The number of carbonyl (C=O) groups is 2. The Morgan fingerprint density at radius 2 is 2.06 bits per heavy atom. The maximum Gasteiger partial charge on any atom is 0.326 e. The smallest absolute Gasteiger partial charge is 0.326 e. The van der Waals surface area contributed by atoms with Crippen LogP contribution in [0.25, 0.3) is 0 Å². The van der Waals surface area contributed by atoms with Gasteiger partial charge in [-0.2, -0.15) is 0 Å². The molecule has 0 radical (unpaired) electrons. The van der Waals surface area contributed by atoms with Crippen molar-refractivity contribution in [3.05, 3.63) is 0 Å². The molecule has 0 saturated carbocycles. The van der Waals surface area contributed by atoms with Crippen molar-refractivity contribution in [1.29, 1.82) is 0 Å². The largest absolute Gasteiger partial charge is 0.480 e. The third kappa shape index (κ3) is 8.38. The summed E-state index contributed by atoms with van der Waals surface area (Å²) in [5.41, 5.74) is 0. The van der Waals surface area contributed by atoms with Crippen LogP contribution < -0.4 is 10.6 Å². The summed E-state index contributed by atoms with van der Waals surface area (Å²) in [4.78, 5) is 21.8. The van der Waals surface area contributed by atoms with Crippen molar-refractivity contribution >= 4 is 12.0 Å². The van der Waals surface area contributed by atoms with Crippen LogP contribution in [-0.2, 0) is 9.53 Å². The Morgan fingerprint density at radius 3 is 2.53 bits per heavy atom. The van der Waals surface area contributed by atoms with Crippen LogP contribution in [0.3, 0.4) is 0 Å². The maximum atomic E-state index is 11.8. The molecule has 2 amide bonds. The van der Waals surface area contributed by atoms with E-state index in [0.717, 1.165) is 0 Å². The van der Waals surface area contributed by atoms with Crippen LogP contribution in [0.5, 0.6) is 0 Å². The molecule has 0 aromatic heterocycles. The average Bonchev–Trinajstić information content (AvgIpc) is 2.25. The van der Waals surface area contributed by atoms with Crippen molar-refractivity contribution in [3.8, 4) is 0 Å². The van der Waals surface area contributed by atoms with Crippen molar-refractivity contribution in [2.45, 2.75) is 25.3 Å². The van der Waals surface area contributed by atoms with Crippen LogP contribution in [0.4, 0.5) is 13.6 Å². The van der Waals surface area contributed by atoms with E-state index in [4.69, 9.17) is 9.84 Å². The second-order valence-electron chi connectivity index (χ2n) is 3.27. The van der Waals surface area contributed by atoms with E-state index in [1.54, 1.807) is 0 Å². The Labute approximate surface area is 97.3 Å². The summed E-state index contributed by atoms with van der Waals surface area (Å²) < 4.78 is 28.3. The molecule has 1 atom stereocenters. The van der Waals surface area contributed by atoms with Crippen LogP contribution in [-0.4, -0.2) is 49.8 Å². The zero-order valence-corrected chi connectivity index (χ0v) is 9.41. The van der Waals surface area contributed by atoms with Gasteiger partial charge in [0, 0.05) is 13.7 Å². The molecule has 0 aromatic carbocycles. The Hall–Kier alpha value is -1.44. The Kier molecular flexibility index (Phi) is 7.95. The predicted molar refractivity (Wildman–Crippen MR) is 55.1 cm³/mol. The summed E-state index contributed by atoms with van der Waals surface area (Å²) in [6, 6.07) is -2.03. The summed E-state index contributed by atoms with van der Waals surface area (Å²) >= 11 is 0. The van der Waals surface area contributed by atoms with Crippen molar-refractivity contribution in [2.75, 3.05) is 20.3 Å². The third-order valence-electron chi connectivity index (χ3n) is 1.86. The van der Waals surface area contributed by atoms with Gasteiger partial charge in [-0.3, -0.25) is 0 Å². The van der Waals surface area contributed by atoms with Gasteiger partial charge in [0.05, 0.1) is 6.54 Å². The number of carboxylic acid groups (broad SMARTS) is 1. The first kappa shape index (κ1) is 15.6. The fourth-order valence-corrected chi connectivity index (χ4v) is 1.07. The summed E-state index contributed by atoms with van der Waals surface area (Å²) in [5, 5.41) is 12.7. The van der Waals surface area contributed by atoms with Crippen molar-refractivity contribution in [2.24, 2.45) is 0 Å². The van der Waals surface area contributed by atoms with E-state index in [0.29, 0.717) is 13.0 Å². The zero-order chi connectivity index (χ0) is 13.3. The lowest BCUT2D eigenvalue weighted by atomic mass is 10.1. The molecule has 17 heavy (non-hydrogen) atoms. The van der Waals surface area contributed by atoms with Gasteiger partial charge in [-0.1, -0.05) is 0 Å². The van der Waals surface area contributed by atoms with E-state index in [1.807, 2.05) is 5.32 Å². The normalized spacial score (nSPS) is 12.2. The van der Waals surface area contributed by atoms with Gasteiger partial charge in [-0.05, 0) is 12.8 Å². The van der Waals surface area contributed by atoms with E-state index in [9.17, 15) is 18.4 Å². The van der Waals surface area contributed by atoms with E-state index in [-0.39, 0.29) is 6.42 Å².